The molecule has 1 aliphatic heterocycles. The Hall–Kier alpha value is -3.12. The third-order valence-corrected chi connectivity index (χ3v) is 4.49. The highest BCUT2D eigenvalue weighted by molar-refractivity contribution is 5.94. The van der Waals surface area contributed by atoms with Gasteiger partial charge in [-0.3, -0.25) is 9.48 Å². The zero-order chi connectivity index (χ0) is 18.5. The van der Waals surface area contributed by atoms with Crippen LogP contribution in [-0.4, -0.2) is 28.8 Å². The molecule has 0 fully saturated rings. The first-order valence-corrected chi connectivity index (χ1v) is 9.09. The van der Waals surface area contributed by atoms with E-state index in [9.17, 15) is 4.79 Å². The Morgan fingerprint density at radius 2 is 2.07 bits per heavy atom. The highest BCUT2D eigenvalue weighted by Gasteiger charge is 2.13. The Labute approximate surface area is 158 Å². The van der Waals surface area contributed by atoms with E-state index in [1.165, 1.54) is 5.56 Å². The number of nitrogens with one attached hydrogen (secondary N) is 2. The molecule has 2 aromatic carbocycles. The Balaban J connectivity index is 1.36. The van der Waals surface area contributed by atoms with E-state index in [1.54, 1.807) is 0 Å². The standard InChI is InChI=1S/C21H22N4O2/c26-21(17-6-7-18-13-22-9-11-27-20(18)12-17)23-14-19-8-10-25(24-19)15-16-4-2-1-3-5-16/h1-8,10,12,22H,9,11,13-15H2,(H,23,26). The van der Waals surface area contributed by atoms with Gasteiger partial charge >= 0.3 is 0 Å². The Morgan fingerprint density at radius 1 is 1.19 bits per heavy atom. The molecule has 1 aromatic heterocycles. The summed E-state index contributed by atoms with van der Waals surface area (Å²) in [6.07, 6.45) is 1.93. The van der Waals surface area contributed by atoms with Gasteiger partial charge in [-0.25, -0.2) is 0 Å². The molecule has 0 spiro atoms. The van der Waals surface area contributed by atoms with Gasteiger partial charge in [0.25, 0.3) is 5.91 Å². The molecule has 0 bridgehead atoms. The van der Waals surface area contributed by atoms with Gasteiger partial charge in [0.15, 0.2) is 0 Å². The van der Waals surface area contributed by atoms with Crippen LogP contribution in [-0.2, 0) is 19.6 Å². The van der Waals surface area contributed by atoms with E-state index in [0.717, 1.165) is 30.1 Å². The molecule has 0 aliphatic carbocycles. The van der Waals surface area contributed by atoms with Crippen molar-refractivity contribution in [3.05, 3.63) is 83.2 Å². The fourth-order valence-electron chi connectivity index (χ4n) is 3.06. The molecule has 0 atom stereocenters. The lowest BCUT2D eigenvalue weighted by Crippen LogP contribution is -2.23. The molecular weight excluding hydrogens is 340 g/mol. The van der Waals surface area contributed by atoms with Crippen LogP contribution in [0, 0.1) is 0 Å². The molecule has 1 aliphatic rings. The van der Waals surface area contributed by atoms with Crippen LogP contribution in [0.25, 0.3) is 0 Å². The highest BCUT2D eigenvalue weighted by atomic mass is 16.5. The molecule has 4 rings (SSSR count). The molecule has 2 heterocycles. The Bertz CT molecular complexity index is 921. The van der Waals surface area contributed by atoms with E-state index in [2.05, 4.69) is 27.9 Å². The summed E-state index contributed by atoms with van der Waals surface area (Å²) in [5.74, 6) is 0.649. The molecule has 1 amide bonds. The largest absolute Gasteiger partial charge is 0.492 e. The van der Waals surface area contributed by atoms with Gasteiger partial charge < -0.3 is 15.4 Å². The van der Waals surface area contributed by atoms with E-state index in [-0.39, 0.29) is 5.91 Å². The van der Waals surface area contributed by atoms with Gasteiger partial charge in [-0.15, -0.1) is 0 Å². The average Bonchev–Trinajstić information content (AvgIpc) is 3.01. The van der Waals surface area contributed by atoms with Crippen molar-refractivity contribution in [1.29, 1.82) is 0 Å². The summed E-state index contributed by atoms with van der Waals surface area (Å²) in [5.41, 5.74) is 3.69. The molecule has 3 aromatic rings. The van der Waals surface area contributed by atoms with Crippen molar-refractivity contribution >= 4 is 5.91 Å². The van der Waals surface area contributed by atoms with Gasteiger partial charge in [0.2, 0.25) is 0 Å². The summed E-state index contributed by atoms with van der Waals surface area (Å²) < 4.78 is 7.58. The predicted octanol–water partition coefficient (Wildman–Crippen LogP) is 2.34. The first-order chi connectivity index (χ1) is 13.3. The van der Waals surface area contributed by atoms with Gasteiger partial charge in [0, 0.05) is 30.4 Å². The Kier molecular flexibility index (Phi) is 5.16. The van der Waals surface area contributed by atoms with Gasteiger partial charge in [0.1, 0.15) is 12.4 Å². The number of benzene rings is 2. The summed E-state index contributed by atoms with van der Waals surface area (Å²) in [6.45, 7) is 3.28. The van der Waals surface area contributed by atoms with Crippen molar-refractivity contribution in [2.45, 2.75) is 19.6 Å². The smallest absolute Gasteiger partial charge is 0.251 e. The third kappa shape index (κ3) is 4.35. The second-order valence-corrected chi connectivity index (χ2v) is 6.52. The number of nitrogens with zero attached hydrogens (tertiary/aromatic N) is 2. The molecule has 27 heavy (non-hydrogen) atoms. The normalized spacial score (nSPS) is 13.3. The minimum Gasteiger partial charge on any atom is -0.492 e. The van der Waals surface area contributed by atoms with Crippen molar-refractivity contribution in [1.82, 2.24) is 20.4 Å². The minimum atomic E-state index is -0.129. The maximum atomic E-state index is 12.5. The summed E-state index contributed by atoms with van der Waals surface area (Å²) >= 11 is 0. The van der Waals surface area contributed by atoms with Gasteiger partial charge in [-0.1, -0.05) is 36.4 Å². The summed E-state index contributed by atoms with van der Waals surface area (Å²) in [7, 11) is 0. The van der Waals surface area contributed by atoms with Gasteiger partial charge in [-0.05, 0) is 23.8 Å². The zero-order valence-electron chi connectivity index (χ0n) is 15.0. The molecule has 2 N–H and O–H groups in total. The Morgan fingerprint density at radius 3 is 2.96 bits per heavy atom. The fraction of sp³-hybridized carbons (Fsp3) is 0.238. The molecular formula is C21H22N4O2. The summed E-state index contributed by atoms with van der Waals surface area (Å²) in [5, 5.41) is 10.7. The van der Waals surface area contributed by atoms with E-state index in [0.29, 0.717) is 25.3 Å². The van der Waals surface area contributed by atoms with Crippen LogP contribution in [0.1, 0.15) is 27.2 Å². The second kappa shape index (κ2) is 8.05. The van der Waals surface area contributed by atoms with Gasteiger partial charge in [0.05, 0.1) is 18.8 Å². The molecule has 0 radical (unpaired) electrons. The number of fused-ring (bicyclic) bond motifs is 1. The van der Waals surface area contributed by atoms with Crippen molar-refractivity contribution < 1.29 is 9.53 Å². The molecule has 0 saturated carbocycles. The number of ether oxygens (including phenoxy) is 1. The first-order valence-electron chi connectivity index (χ1n) is 9.09. The topological polar surface area (TPSA) is 68.2 Å². The lowest BCUT2D eigenvalue weighted by atomic mass is 10.1. The molecule has 0 unspecified atom stereocenters. The van der Waals surface area contributed by atoms with E-state index >= 15 is 0 Å². The SMILES string of the molecule is O=C(NCc1ccn(Cc2ccccc2)n1)c1ccc2c(c1)OCCNC2. The van der Waals surface area contributed by atoms with Gasteiger partial charge in [-0.2, -0.15) is 5.10 Å². The third-order valence-electron chi connectivity index (χ3n) is 4.49. The number of carbonyl (C=O) groups is 1. The van der Waals surface area contributed by atoms with Crippen molar-refractivity contribution in [2.75, 3.05) is 13.2 Å². The average molecular weight is 362 g/mol. The van der Waals surface area contributed by atoms with Crippen LogP contribution in [0.15, 0.2) is 60.8 Å². The lowest BCUT2D eigenvalue weighted by molar-refractivity contribution is 0.0950. The van der Waals surface area contributed by atoms with E-state index < -0.39 is 0 Å². The highest BCUT2D eigenvalue weighted by Crippen LogP contribution is 2.22. The number of rotatable bonds is 5. The quantitative estimate of drug-likeness (QED) is 0.731. The molecule has 6 nitrogen and oxygen atoms in total. The van der Waals surface area contributed by atoms with Crippen LogP contribution < -0.4 is 15.4 Å². The van der Waals surface area contributed by atoms with Crippen LogP contribution in [0.2, 0.25) is 0 Å². The minimum absolute atomic E-state index is 0.129. The molecule has 6 heteroatoms. The maximum absolute atomic E-state index is 12.5. The van der Waals surface area contributed by atoms with Crippen LogP contribution in [0.5, 0.6) is 5.75 Å². The van der Waals surface area contributed by atoms with Crippen molar-refractivity contribution in [2.24, 2.45) is 0 Å². The van der Waals surface area contributed by atoms with Crippen molar-refractivity contribution in [3.63, 3.8) is 0 Å². The molecule has 0 saturated heterocycles. The number of aromatic nitrogens is 2. The zero-order valence-corrected chi connectivity index (χ0v) is 15.0. The fourth-order valence-corrected chi connectivity index (χ4v) is 3.06. The lowest BCUT2D eigenvalue weighted by Gasteiger charge is -2.09. The number of hydrogen-bond acceptors (Lipinski definition) is 4. The first kappa shape index (κ1) is 17.3. The number of carbonyl (C=O) groups excluding carboxylic acids is 1. The number of hydrogen-bond donors (Lipinski definition) is 2. The monoisotopic (exact) mass is 362 g/mol. The van der Waals surface area contributed by atoms with Crippen LogP contribution in [0.3, 0.4) is 0 Å². The second-order valence-electron chi connectivity index (χ2n) is 6.52. The van der Waals surface area contributed by atoms with Crippen LogP contribution in [0.4, 0.5) is 0 Å². The molecule has 138 valence electrons. The predicted molar refractivity (Wildman–Crippen MR) is 103 cm³/mol. The summed E-state index contributed by atoms with van der Waals surface area (Å²) in [6, 6.07) is 17.7. The van der Waals surface area contributed by atoms with Crippen molar-refractivity contribution in [3.8, 4) is 5.75 Å². The van der Waals surface area contributed by atoms with E-state index in [1.807, 2.05) is 53.3 Å². The van der Waals surface area contributed by atoms with Crippen LogP contribution >= 0.6 is 0 Å². The number of amides is 1. The summed E-state index contributed by atoms with van der Waals surface area (Å²) in [4.78, 5) is 12.5. The maximum Gasteiger partial charge on any atom is 0.251 e. The van der Waals surface area contributed by atoms with E-state index in [4.69, 9.17) is 4.74 Å².